The van der Waals surface area contributed by atoms with E-state index in [1.165, 1.54) is 7.05 Å². The van der Waals surface area contributed by atoms with Crippen LogP contribution in [0.3, 0.4) is 0 Å². The molecule has 6 nitrogen and oxygen atoms in total. The van der Waals surface area contributed by atoms with E-state index in [1.807, 2.05) is 0 Å². The maximum Gasteiger partial charge on any atom is 0.391 e. The first-order chi connectivity index (χ1) is 13.5. The Morgan fingerprint density at radius 3 is 2.45 bits per heavy atom. The molecule has 1 aliphatic heterocycles. The molecule has 0 bridgehead atoms. The monoisotopic (exact) mass is 440 g/mol. The number of alkyl halides is 5. The average molecular weight is 440 g/mol. The average Bonchev–Trinajstić information content (AvgIpc) is 3.10. The Morgan fingerprint density at radius 1 is 1.24 bits per heavy atom. The Morgan fingerprint density at radius 2 is 1.90 bits per heavy atom. The number of hydrogen-bond acceptors (Lipinski definition) is 4. The van der Waals surface area contributed by atoms with Gasteiger partial charge in [0.2, 0.25) is 10.0 Å². The van der Waals surface area contributed by atoms with Crippen molar-refractivity contribution in [3.05, 3.63) is 23.9 Å². The molecule has 0 spiro atoms. The summed E-state index contributed by atoms with van der Waals surface area (Å²) in [6.07, 6.45) is -3.15. The van der Waals surface area contributed by atoms with E-state index in [0.29, 0.717) is 21.3 Å². The molecule has 1 aromatic carbocycles. The number of aryl methyl sites for hydroxylation is 1. The molecular weight excluding hydrogens is 419 g/mol. The first-order valence-electron chi connectivity index (χ1n) is 9.03. The summed E-state index contributed by atoms with van der Waals surface area (Å²) in [5.74, 6) is -1.62. The maximum atomic E-state index is 13.1. The second kappa shape index (κ2) is 8.05. The predicted molar refractivity (Wildman–Crippen MR) is 98.5 cm³/mol. The number of sulfonamides is 1. The SMILES string of the molecule is CNS(=O)(=O)CCc1cc(N2CCC(C(F)(F)F)CC2)cc2cn(C(F)F)nc12. The summed E-state index contributed by atoms with van der Waals surface area (Å²) in [6, 6.07) is 3.23. The van der Waals surface area contributed by atoms with E-state index >= 15 is 0 Å². The fourth-order valence-corrected chi connectivity index (χ4v) is 4.19. The van der Waals surface area contributed by atoms with Crippen LogP contribution in [-0.4, -0.2) is 50.3 Å². The number of halogens is 5. The molecule has 1 aliphatic rings. The van der Waals surface area contributed by atoms with Crippen LogP contribution in [0, 0.1) is 5.92 Å². The number of rotatable bonds is 6. The molecule has 0 radical (unpaired) electrons. The van der Waals surface area contributed by atoms with Crippen molar-refractivity contribution in [2.24, 2.45) is 5.92 Å². The van der Waals surface area contributed by atoms with Gasteiger partial charge >= 0.3 is 12.7 Å². The molecule has 29 heavy (non-hydrogen) atoms. The minimum atomic E-state index is -4.23. The van der Waals surface area contributed by atoms with Gasteiger partial charge in [0, 0.05) is 30.4 Å². The van der Waals surface area contributed by atoms with Crippen molar-refractivity contribution in [1.29, 1.82) is 0 Å². The van der Waals surface area contributed by atoms with Crippen molar-refractivity contribution in [2.75, 3.05) is 30.8 Å². The van der Waals surface area contributed by atoms with E-state index in [1.54, 1.807) is 17.0 Å². The van der Waals surface area contributed by atoms with Crippen molar-refractivity contribution in [1.82, 2.24) is 14.5 Å². The molecule has 0 saturated carbocycles. The van der Waals surface area contributed by atoms with Gasteiger partial charge in [-0.3, -0.25) is 0 Å². The third-order valence-electron chi connectivity index (χ3n) is 5.16. The Hall–Kier alpha value is -1.95. The van der Waals surface area contributed by atoms with Gasteiger partial charge in [0.05, 0.1) is 17.2 Å². The quantitative estimate of drug-likeness (QED) is 0.700. The van der Waals surface area contributed by atoms with E-state index in [0.717, 1.165) is 6.20 Å². The lowest BCUT2D eigenvalue weighted by atomic mass is 9.95. The second-order valence-electron chi connectivity index (χ2n) is 7.01. The fraction of sp³-hybridized carbons (Fsp3) is 0.588. The number of nitrogens with zero attached hydrogens (tertiary/aromatic N) is 3. The Kier molecular flexibility index (Phi) is 6.04. The number of anilines is 1. The van der Waals surface area contributed by atoms with Gasteiger partial charge in [0.1, 0.15) is 0 Å². The molecule has 0 aliphatic carbocycles. The van der Waals surface area contributed by atoms with Gasteiger partial charge in [-0.2, -0.15) is 27.1 Å². The van der Waals surface area contributed by atoms with Crippen LogP contribution in [0.2, 0.25) is 0 Å². The van der Waals surface area contributed by atoms with Crippen LogP contribution in [0.1, 0.15) is 25.0 Å². The third-order valence-corrected chi connectivity index (χ3v) is 6.53. The molecular formula is C17H21F5N4O2S. The van der Waals surface area contributed by atoms with Gasteiger partial charge in [0.15, 0.2) is 0 Å². The number of benzene rings is 1. The molecule has 2 aromatic rings. The van der Waals surface area contributed by atoms with Gasteiger partial charge in [-0.15, -0.1) is 0 Å². The summed E-state index contributed by atoms with van der Waals surface area (Å²) < 4.78 is 91.0. The lowest BCUT2D eigenvalue weighted by molar-refractivity contribution is -0.179. The topological polar surface area (TPSA) is 67.2 Å². The summed E-state index contributed by atoms with van der Waals surface area (Å²) >= 11 is 0. The molecule has 0 amide bonds. The van der Waals surface area contributed by atoms with Crippen LogP contribution in [0.5, 0.6) is 0 Å². The number of piperidine rings is 1. The lowest BCUT2D eigenvalue weighted by Gasteiger charge is -2.34. The predicted octanol–water partition coefficient (Wildman–Crippen LogP) is 3.30. The van der Waals surface area contributed by atoms with E-state index in [9.17, 15) is 30.4 Å². The van der Waals surface area contributed by atoms with Crippen molar-refractivity contribution in [3.8, 4) is 0 Å². The van der Waals surface area contributed by atoms with Gasteiger partial charge in [-0.05, 0) is 44.0 Å². The second-order valence-corrected chi connectivity index (χ2v) is 9.05. The summed E-state index contributed by atoms with van der Waals surface area (Å²) in [4.78, 5) is 1.76. The maximum absolute atomic E-state index is 13.1. The van der Waals surface area contributed by atoms with Crippen molar-refractivity contribution in [2.45, 2.75) is 32.0 Å². The number of fused-ring (bicyclic) bond motifs is 1. The molecule has 1 aromatic heterocycles. The number of aromatic nitrogens is 2. The van der Waals surface area contributed by atoms with Crippen LogP contribution in [0.4, 0.5) is 27.6 Å². The summed E-state index contributed by atoms with van der Waals surface area (Å²) in [5, 5.41) is 4.24. The highest BCUT2D eigenvalue weighted by molar-refractivity contribution is 7.89. The van der Waals surface area contributed by atoms with Gasteiger partial charge < -0.3 is 4.90 Å². The minimum Gasteiger partial charge on any atom is -0.371 e. The molecule has 0 unspecified atom stereocenters. The van der Waals surface area contributed by atoms with Crippen LogP contribution in [0.25, 0.3) is 10.9 Å². The van der Waals surface area contributed by atoms with Crippen molar-refractivity contribution >= 4 is 26.6 Å². The standard InChI is InChI=1S/C17H21F5N4O2S/c1-23-29(27,28)7-4-11-8-14(9-12-10-26(16(18)19)24-15(11)12)25-5-2-13(3-6-25)17(20,21)22/h8-10,13,16,23H,2-7H2,1H3. The Balaban J connectivity index is 1.92. The third kappa shape index (κ3) is 4.97. The minimum absolute atomic E-state index is 0.0345. The summed E-state index contributed by atoms with van der Waals surface area (Å²) in [6.45, 7) is -2.51. The lowest BCUT2D eigenvalue weighted by Crippen LogP contribution is -2.39. The molecule has 1 saturated heterocycles. The molecule has 12 heteroatoms. The normalized spacial score (nSPS) is 16.9. The highest BCUT2D eigenvalue weighted by atomic mass is 32.2. The molecule has 0 atom stereocenters. The van der Waals surface area contributed by atoms with Gasteiger partial charge in [-0.25, -0.2) is 17.8 Å². The van der Waals surface area contributed by atoms with E-state index in [-0.39, 0.29) is 43.6 Å². The largest absolute Gasteiger partial charge is 0.391 e. The zero-order valence-electron chi connectivity index (χ0n) is 15.6. The first-order valence-corrected chi connectivity index (χ1v) is 10.7. The van der Waals surface area contributed by atoms with Crippen LogP contribution >= 0.6 is 0 Å². The smallest absolute Gasteiger partial charge is 0.371 e. The molecule has 1 fully saturated rings. The van der Waals surface area contributed by atoms with Gasteiger partial charge in [-0.1, -0.05) is 0 Å². The van der Waals surface area contributed by atoms with Gasteiger partial charge in [0.25, 0.3) is 0 Å². The van der Waals surface area contributed by atoms with Crippen LogP contribution < -0.4 is 9.62 Å². The molecule has 3 rings (SSSR count). The molecule has 162 valence electrons. The summed E-state index contributed by atoms with van der Waals surface area (Å²) in [7, 11) is -2.25. The molecule has 2 heterocycles. The Bertz CT molecular complexity index is 966. The van der Waals surface area contributed by atoms with E-state index in [2.05, 4.69) is 9.82 Å². The first kappa shape index (κ1) is 21.8. The van der Waals surface area contributed by atoms with Crippen LogP contribution in [-0.2, 0) is 16.4 Å². The van der Waals surface area contributed by atoms with Crippen molar-refractivity contribution < 1.29 is 30.4 Å². The summed E-state index contributed by atoms with van der Waals surface area (Å²) in [5.41, 5.74) is 1.28. The fourth-order valence-electron chi connectivity index (χ4n) is 3.49. The number of nitrogens with one attached hydrogen (secondary N) is 1. The highest BCUT2D eigenvalue weighted by Gasteiger charge is 2.41. The zero-order valence-corrected chi connectivity index (χ0v) is 16.4. The zero-order chi connectivity index (χ0) is 21.4. The van der Waals surface area contributed by atoms with Crippen molar-refractivity contribution in [3.63, 3.8) is 0 Å². The highest BCUT2D eigenvalue weighted by Crippen LogP contribution is 2.36. The number of hydrogen-bond donors (Lipinski definition) is 1. The van der Waals surface area contributed by atoms with E-state index in [4.69, 9.17) is 0 Å². The Labute approximate surface area is 164 Å². The van der Waals surface area contributed by atoms with E-state index < -0.39 is 28.7 Å². The van der Waals surface area contributed by atoms with Crippen LogP contribution in [0.15, 0.2) is 18.3 Å². The molecule has 1 N–H and O–H groups in total.